The molecule has 0 aliphatic rings. The van der Waals surface area contributed by atoms with E-state index in [1.807, 2.05) is 27.7 Å². The summed E-state index contributed by atoms with van der Waals surface area (Å²) in [6.07, 6.45) is 0. The van der Waals surface area contributed by atoms with Gasteiger partial charge in [0.1, 0.15) is 0 Å². The van der Waals surface area contributed by atoms with E-state index >= 15 is 0 Å². The van der Waals surface area contributed by atoms with E-state index in [0.717, 1.165) is 5.57 Å². The molecular formula is C11H21NO3. The lowest BCUT2D eigenvalue weighted by atomic mass is 9.98. The number of carbonyl (C=O) groups excluding carboxylic acids is 1. The van der Waals surface area contributed by atoms with Crippen LogP contribution < -0.4 is 0 Å². The molecule has 0 bridgehead atoms. The summed E-state index contributed by atoms with van der Waals surface area (Å²) in [7, 11) is 1.71. The number of carbonyl (C=O) groups is 1. The standard InChI is InChI=1S/C11H21NO3/c1-9(2)7-15-12(6)8-14-10(13)11(3,4)5/h1,7-8H2,2-6H3. The molecule has 0 saturated carbocycles. The van der Waals surface area contributed by atoms with Crippen LogP contribution in [0.5, 0.6) is 0 Å². The van der Waals surface area contributed by atoms with Gasteiger partial charge in [-0.15, -0.1) is 0 Å². The molecule has 4 nitrogen and oxygen atoms in total. The van der Waals surface area contributed by atoms with Crippen molar-refractivity contribution in [2.75, 3.05) is 20.4 Å². The van der Waals surface area contributed by atoms with E-state index in [9.17, 15) is 4.79 Å². The highest BCUT2D eigenvalue weighted by Gasteiger charge is 2.23. The first kappa shape index (κ1) is 14.1. The lowest BCUT2D eigenvalue weighted by Gasteiger charge is -2.20. The van der Waals surface area contributed by atoms with Gasteiger partial charge in [0.05, 0.1) is 12.0 Å². The fraction of sp³-hybridized carbons (Fsp3) is 0.727. The van der Waals surface area contributed by atoms with Gasteiger partial charge in [-0.05, 0) is 27.7 Å². The summed E-state index contributed by atoms with van der Waals surface area (Å²) in [5, 5.41) is 1.47. The predicted molar refractivity (Wildman–Crippen MR) is 58.9 cm³/mol. The third-order valence-electron chi connectivity index (χ3n) is 1.52. The van der Waals surface area contributed by atoms with Crippen LogP contribution in [0.3, 0.4) is 0 Å². The van der Waals surface area contributed by atoms with Crippen LogP contribution in [-0.2, 0) is 14.4 Å². The van der Waals surface area contributed by atoms with E-state index in [0.29, 0.717) is 6.61 Å². The second kappa shape index (κ2) is 5.88. The summed E-state index contributed by atoms with van der Waals surface area (Å²) in [5.41, 5.74) is 0.443. The second-order valence-electron chi connectivity index (χ2n) is 4.67. The number of rotatable bonds is 5. The normalized spacial score (nSPS) is 11.6. The maximum absolute atomic E-state index is 11.4. The van der Waals surface area contributed by atoms with E-state index in [-0.39, 0.29) is 12.7 Å². The molecule has 0 radical (unpaired) electrons. The van der Waals surface area contributed by atoms with Crippen LogP contribution in [0.15, 0.2) is 12.2 Å². The van der Waals surface area contributed by atoms with Crippen molar-refractivity contribution in [1.29, 1.82) is 0 Å². The molecule has 0 fully saturated rings. The minimum Gasteiger partial charge on any atom is -0.447 e. The van der Waals surface area contributed by atoms with Gasteiger partial charge in [0.15, 0.2) is 6.73 Å². The van der Waals surface area contributed by atoms with E-state index < -0.39 is 5.41 Å². The van der Waals surface area contributed by atoms with Crippen molar-refractivity contribution in [3.63, 3.8) is 0 Å². The minimum absolute atomic E-state index is 0.128. The van der Waals surface area contributed by atoms with Gasteiger partial charge in [0.2, 0.25) is 0 Å². The Morgan fingerprint density at radius 3 is 2.33 bits per heavy atom. The van der Waals surface area contributed by atoms with Crippen LogP contribution in [0.2, 0.25) is 0 Å². The number of esters is 1. The van der Waals surface area contributed by atoms with Crippen molar-refractivity contribution in [2.24, 2.45) is 5.41 Å². The maximum atomic E-state index is 11.4. The topological polar surface area (TPSA) is 38.8 Å². The number of hydrogen-bond donors (Lipinski definition) is 0. The van der Waals surface area contributed by atoms with Gasteiger partial charge in [0, 0.05) is 7.05 Å². The van der Waals surface area contributed by atoms with Gasteiger partial charge in [-0.2, -0.15) is 5.06 Å². The summed E-state index contributed by atoms with van der Waals surface area (Å²) in [4.78, 5) is 16.6. The van der Waals surface area contributed by atoms with Crippen LogP contribution >= 0.6 is 0 Å². The summed E-state index contributed by atoms with van der Waals surface area (Å²) >= 11 is 0. The first-order valence-corrected chi connectivity index (χ1v) is 4.89. The van der Waals surface area contributed by atoms with E-state index in [1.165, 1.54) is 5.06 Å². The third-order valence-corrected chi connectivity index (χ3v) is 1.52. The Hall–Kier alpha value is -0.870. The van der Waals surface area contributed by atoms with Crippen molar-refractivity contribution >= 4 is 5.97 Å². The molecule has 0 heterocycles. The lowest BCUT2D eigenvalue weighted by molar-refractivity contribution is -0.198. The lowest BCUT2D eigenvalue weighted by Crippen LogP contribution is -2.30. The zero-order valence-electron chi connectivity index (χ0n) is 10.3. The molecule has 4 heteroatoms. The Bertz CT molecular complexity index is 230. The highest BCUT2D eigenvalue weighted by molar-refractivity contribution is 5.75. The summed E-state index contributed by atoms with van der Waals surface area (Å²) in [5.74, 6) is -0.242. The highest BCUT2D eigenvalue weighted by atomic mass is 16.7. The molecule has 88 valence electrons. The van der Waals surface area contributed by atoms with Crippen LogP contribution in [0.1, 0.15) is 27.7 Å². The molecule has 0 aromatic heterocycles. The molecule has 0 atom stereocenters. The minimum atomic E-state index is -0.477. The van der Waals surface area contributed by atoms with Crippen molar-refractivity contribution in [3.05, 3.63) is 12.2 Å². The van der Waals surface area contributed by atoms with Gasteiger partial charge < -0.3 is 4.74 Å². The fourth-order valence-corrected chi connectivity index (χ4v) is 0.624. The third kappa shape index (κ3) is 7.11. The number of nitrogens with zero attached hydrogens (tertiary/aromatic N) is 1. The Balaban J connectivity index is 3.76. The SMILES string of the molecule is C=C(C)CON(C)COC(=O)C(C)(C)C. The maximum Gasteiger partial charge on any atom is 0.312 e. The Labute approximate surface area is 91.8 Å². The Morgan fingerprint density at radius 1 is 1.40 bits per heavy atom. The monoisotopic (exact) mass is 215 g/mol. The van der Waals surface area contributed by atoms with Gasteiger partial charge >= 0.3 is 5.97 Å². The van der Waals surface area contributed by atoms with Gasteiger partial charge in [-0.25, -0.2) is 0 Å². The Morgan fingerprint density at radius 2 is 1.93 bits per heavy atom. The first-order chi connectivity index (χ1) is 6.73. The van der Waals surface area contributed by atoms with Crippen LogP contribution in [0, 0.1) is 5.41 Å². The Kier molecular flexibility index (Phi) is 5.54. The second-order valence-corrected chi connectivity index (χ2v) is 4.67. The number of ether oxygens (including phenoxy) is 1. The van der Waals surface area contributed by atoms with Gasteiger partial charge in [-0.1, -0.05) is 12.2 Å². The summed E-state index contributed by atoms with van der Waals surface area (Å²) < 4.78 is 5.03. The molecular weight excluding hydrogens is 194 g/mol. The largest absolute Gasteiger partial charge is 0.447 e. The average Bonchev–Trinajstić information content (AvgIpc) is 2.09. The van der Waals surface area contributed by atoms with Crippen LogP contribution in [0.4, 0.5) is 0 Å². The van der Waals surface area contributed by atoms with Crippen molar-refractivity contribution in [2.45, 2.75) is 27.7 Å². The summed E-state index contributed by atoms with van der Waals surface area (Å²) in [6.45, 7) is 11.6. The molecule has 0 N–H and O–H groups in total. The summed E-state index contributed by atoms with van der Waals surface area (Å²) in [6, 6.07) is 0. The van der Waals surface area contributed by atoms with Crippen molar-refractivity contribution in [3.8, 4) is 0 Å². The van der Waals surface area contributed by atoms with Gasteiger partial charge in [0.25, 0.3) is 0 Å². The average molecular weight is 215 g/mol. The zero-order valence-corrected chi connectivity index (χ0v) is 10.3. The van der Waals surface area contributed by atoms with Crippen LogP contribution in [-0.4, -0.2) is 31.4 Å². The molecule has 0 aromatic rings. The molecule has 0 spiro atoms. The van der Waals surface area contributed by atoms with E-state index in [4.69, 9.17) is 9.57 Å². The fourth-order valence-electron chi connectivity index (χ4n) is 0.624. The quantitative estimate of drug-likeness (QED) is 0.304. The molecule has 0 unspecified atom stereocenters. The van der Waals surface area contributed by atoms with Crippen molar-refractivity contribution in [1.82, 2.24) is 5.06 Å². The molecule has 0 aliphatic heterocycles. The highest BCUT2D eigenvalue weighted by Crippen LogP contribution is 2.14. The molecule has 0 aromatic carbocycles. The van der Waals surface area contributed by atoms with Crippen molar-refractivity contribution < 1.29 is 14.4 Å². The number of hydroxylamine groups is 2. The van der Waals surface area contributed by atoms with E-state index in [2.05, 4.69) is 6.58 Å². The number of hydrogen-bond acceptors (Lipinski definition) is 4. The molecule has 0 amide bonds. The van der Waals surface area contributed by atoms with Gasteiger partial charge in [-0.3, -0.25) is 9.63 Å². The molecule has 0 rings (SSSR count). The molecule has 0 saturated heterocycles. The van der Waals surface area contributed by atoms with Crippen LogP contribution in [0.25, 0.3) is 0 Å². The molecule has 0 aliphatic carbocycles. The predicted octanol–water partition coefficient (Wildman–Crippen LogP) is 1.97. The molecule has 15 heavy (non-hydrogen) atoms. The first-order valence-electron chi connectivity index (χ1n) is 4.89. The smallest absolute Gasteiger partial charge is 0.312 e. The van der Waals surface area contributed by atoms with E-state index in [1.54, 1.807) is 7.05 Å². The zero-order chi connectivity index (χ0) is 12.1.